The molecular weight excluding hydrogens is 448 g/mol. The molecule has 0 aromatic heterocycles. The van der Waals surface area contributed by atoms with Gasteiger partial charge < -0.3 is 9.47 Å². The predicted molar refractivity (Wildman–Crippen MR) is 135 cm³/mol. The van der Waals surface area contributed by atoms with Crippen molar-refractivity contribution in [2.24, 2.45) is 5.41 Å². The summed E-state index contributed by atoms with van der Waals surface area (Å²) in [5.41, 5.74) is -0.622. The number of hydrogen-bond acceptors (Lipinski definition) is 4. The quantitative estimate of drug-likeness (QED) is 0.350. The summed E-state index contributed by atoms with van der Waals surface area (Å²) >= 11 is 0. The second-order valence-electron chi connectivity index (χ2n) is 9.75. The minimum atomic E-state index is -1.35. The van der Waals surface area contributed by atoms with Crippen molar-refractivity contribution in [1.29, 1.82) is 0 Å². The fraction of sp³-hybridized carbons (Fsp3) is 0.188. The molecule has 0 aliphatic heterocycles. The molecule has 0 heterocycles. The van der Waals surface area contributed by atoms with E-state index in [1.54, 1.807) is 14.2 Å². The van der Waals surface area contributed by atoms with Crippen LogP contribution in [0, 0.1) is 5.41 Å². The standard InChI is InChI=1S/C32H24O4/c1-35-30-24-18-10-9-17-23(24)29(27(33)21-13-5-3-6-14-21)31(30,28(34)22-15-7-4-8-16-22)32(29,36-2)26-20-12-11-19-25(26)30/h3-20H,1-2H3/t29-,30-,31+,32-/m0/s1. The molecule has 0 N–H and O–H groups in total. The summed E-state index contributed by atoms with van der Waals surface area (Å²) in [5.74, 6) is -0.279. The number of methoxy groups -OCH3 is 2. The maximum atomic E-state index is 15.0. The summed E-state index contributed by atoms with van der Waals surface area (Å²) in [5, 5.41) is 0. The topological polar surface area (TPSA) is 52.6 Å². The Kier molecular flexibility index (Phi) is 4.09. The van der Waals surface area contributed by atoms with Gasteiger partial charge in [0.15, 0.2) is 11.6 Å². The number of rotatable bonds is 6. The molecule has 0 bridgehead atoms. The summed E-state index contributed by atoms with van der Waals surface area (Å²) in [6, 6.07) is 34.2. The average Bonchev–Trinajstić information content (AvgIpc) is 3.36. The van der Waals surface area contributed by atoms with Crippen molar-refractivity contribution in [3.05, 3.63) is 143 Å². The molecule has 0 spiro atoms. The van der Waals surface area contributed by atoms with Crippen LogP contribution in [0.25, 0.3) is 0 Å². The van der Waals surface area contributed by atoms with Gasteiger partial charge in [-0.25, -0.2) is 0 Å². The maximum absolute atomic E-state index is 15.0. The van der Waals surface area contributed by atoms with E-state index in [-0.39, 0.29) is 11.6 Å². The Morgan fingerprint density at radius 3 is 1.50 bits per heavy atom. The molecule has 0 saturated heterocycles. The minimum Gasteiger partial charge on any atom is -0.371 e. The van der Waals surface area contributed by atoms with Crippen LogP contribution in [-0.4, -0.2) is 25.8 Å². The first kappa shape index (κ1) is 21.4. The second kappa shape index (κ2) is 6.88. The zero-order chi connectivity index (χ0) is 24.8. The van der Waals surface area contributed by atoms with E-state index >= 15 is 0 Å². The number of benzene rings is 4. The van der Waals surface area contributed by atoms with Crippen molar-refractivity contribution >= 4 is 11.6 Å². The zero-order valence-electron chi connectivity index (χ0n) is 20.0. The third-order valence-electron chi connectivity index (χ3n) is 8.85. The highest BCUT2D eigenvalue weighted by atomic mass is 16.5. The van der Waals surface area contributed by atoms with Crippen LogP contribution in [0.1, 0.15) is 43.0 Å². The SMILES string of the molecule is CO[C@]12c3ccccc3[C@]3(OC)[C@](C(=O)c4ccccc4)(c4ccccc41)[C@]23C(=O)c1ccccc1. The van der Waals surface area contributed by atoms with Gasteiger partial charge in [0.2, 0.25) is 0 Å². The lowest BCUT2D eigenvalue weighted by Gasteiger charge is -2.36. The van der Waals surface area contributed by atoms with Gasteiger partial charge in [0.25, 0.3) is 0 Å². The molecular formula is C32H24O4. The van der Waals surface area contributed by atoms with Crippen LogP contribution in [-0.2, 0) is 26.1 Å². The molecule has 1 saturated carbocycles. The van der Waals surface area contributed by atoms with Gasteiger partial charge in [0.1, 0.15) is 22.0 Å². The van der Waals surface area contributed by atoms with Gasteiger partial charge in [-0.15, -0.1) is 0 Å². The third-order valence-corrected chi connectivity index (χ3v) is 8.85. The average molecular weight is 473 g/mol. The van der Waals surface area contributed by atoms with Crippen molar-refractivity contribution in [2.45, 2.75) is 16.6 Å². The Morgan fingerprint density at radius 1 is 0.528 bits per heavy atom. The second-order valence-corrected chi connectivity index (χ2v) is 9.75. The molecule has 0 amide bonds. The molecule has 7 rings (SSSR count). The maximum Gasteiger partial charge on any atom is 0.178 e. The number of carbonyl (C=O) groups excluding carboxylic acids is 2. The number of fused-ring (bicyclic) bond motifs is 7. The van der Waals surface area contributed by atoms with Gasteiger partial charge in [0.05, 0.1) is 0 Å². The molecule has 36 heavy (non-hydrogen) atoms. The molecule has 0 radical (unpaired) electrons. The third kappa shape index (κ3) is 1.83. The largest absolute Gasteiger partial charge is 0.371 e. The van der Waals surface area contributed by atoms with Crippen molar-refractivity contribution < 1.29 is 19.1 Å². The Hall–Kier alpha value is -3.86. The summed E-state index contributed by atoms with van der Waals surface area (Å²) in [6.07, 6.45) is 0. The van der Waals surface area contributed by atoms with Gasteiger partial charge in [-0.1, -0.05) is 109 Å². The van der Waals surface area contributed by atoms with Crippen molar-refractivity contribution in [1.82, 2.24) is 0 Å². The van der Waals surface area contributed by atoms with Crippen LogP contribution in [0.5, 0.6) is 0 Å². The monoisotopic (exact) mass is 472 g/mol. The van der Waals surface area contributed by atoms with Crippen LogP contribution in [0.4, 0.5) is 0 Å². The van der Waals surface area contributed by atoms with Crippen LogP contribution in [0.15, 0.2) is 109 Å². The first-order chi connectivity index (χ1) is 17.6. The predicted octanol–water partition coefficient (Wildman–Crippen LogP) is 5.45. The number of hydrogen-bond donors (Lipinski definition) is 0. The summed E-state index contributed by atoms with van der Waals surface area (Å²) < 4.78 is 13.0. The fourth-order valence-electron chi connectivity index (χ4n) is 7.95. The van der Waals surface area contributed by atoms with Gasteiger partial charge >= 0.3 is 0 Å². The van der Waals surface area contributed by atoms with E-state index in [4.69, 9.17) is 9.47 Å². The lowest BCUT2D eigenvalue weighted by molar-refractivity contribution is -0.0553. The number of ketones is 2. The Morgan fingerprint density at radius 2 is 0.972 bits per heavy atom. The van der Waals surface area contributed by atoms with E-state index in [1.807, 2.05) is 109 Å². The molecule has 1 fully saturated rings. The molecule has 3 aliphatic carbocycles. The van der Waals surface area contributed by atoms with Gasteiger partial charge in [0, 0.05) is 25.3 Å². The summed E-state index contributed by atoms with van der Waals surface area (Å²) in [4.78, 5) is 29.8. The van der Waals surface area contributed by atoms with E-state index < -0.39 is 22.0 Å². The molecule has 0 unspecified atom stereocenters. The smallest absolute Gasteiger partial charge is 0.178 e. The van der Waals surface area contributed by atoms with E-state index in [1.165, 1.54) is 0 Å². The van der Waals surface area contributed by atoms with Crippen LogP contribution in [0.2, 0.25) is 0 Å². The summed E-state index contributed by atoms with van der Waals surface area (Å²) in [6.45, 7) is 0. The Bertz CT molecular complexity index is 1560. The van der Waals surface area contributed by atoms with Gasteiger partial charge in [-0.05, 0) is 22.3 Å². The highest BCUT2D eigenvalue weighted by molar-refractivity contribution is 6.23. The first-order valence-corrected chi connectivity index (χ1v) is 12.1. The fourth-order valence-corrected chi connectivity index (χ4v) is 7.95. The minimum absolute atomic E-state index is 0.130. The zero-order valence-corrected chi connectivity index (χ0v) is 20.0. The first-order valence-electron chi connectivity index (χ1n) is 12.1. The number of carbonyl (C=O) groups is 2. The van der Waals surface area contributed by atoms with Crippen molar-refractivity contribution in [3.8, 4) is 0 Å². The number of Topliss-reactive ketones (excluding diaryl/α,β-unsaturated/α-hetero) is 2. The van der Waals surface area contributed by atoms with E-state index in [2.05, 4.69) is 0 Å². The van der Waals surface area contributed by atoms with Crippen LogP contribution in [0.3, 0.4) is 0 Å². The highest BCUT2D eigenvalue weighted by Gasteiger charge is 3.06. The Balaban J connectivity index is 1.68. The van der Waals surface area contributed by atoms with E-state index in [0.717, 1.165) is 22.3 Å². The molecule has 4 nitrogen and oxygen atoms in total. The van der Waals surface area contributed by atoms with E-state index in [9.17, 15) is 9.59 Å². The van der Waals surface area contributed by atoms with Crippen molar-refractivity contribution in [2.75, 3.05) is 14.2 Å². The molecule has 3 aliphatic rings. The Labute approximate surface area is 209 Å². The molecule has 4 aromatic rings. The van der Waals surface area contributed by atoms with Crippen molar-refractivity contribution in [3.63, 3.8) is 0 Å². The lowest BCUT2D eigenvalue weighted by atomic mass is 9.72. The number of ether oxygens (including phenoxy) is 2. The summed E-state index contributed by atoms with van der Waals surface area (Å²) in [7, 11) is 3.25. The normalized spacial score (nSPS) is 30.3. The van der Waals surface area contributed by atoms with Gasteiger partial charge in [-0.3, -0.25) is 9.59 Å². The van der Waals surface area contributed by atoms with Gasteiger partial charge in [-0.2, -0.15) is 0 Å². The molecule has 4 atom stereocenters. The van der Waals surface area contributed by atoms with Crippen LogP contribution >= 0.6 is 0 Å². The highest BCUT2D eigenvalue weighted by Crippen LogP contribution is 2.94. The molecule has 4 aromatic carbocycles. The van der Waals surface area contributed by atoms with Crippen LogP contribution < -0.4 is 0 Å². The molecule has 176 valence electrons. The van der Waals surface area contributed by atoms with E-state index in [0.29, 0.717) is 11.1 Å². The lowest BCUT2D eigenvalue weighted by Crippen LogP contribution is -2.45. The molecule has 4 heteroatoms.